The Hall–Kier alpha value is -1.33. The van der Waals surface area contributed by atoms with Crippen molar-refractivity contribution in [2.24, 2.45) is 0 Å². The molecule has 3 aromatic rings. The number of aromatic amines is 1. The van der Waals surface area contributed by atoms with Gasteiger partial charge in [-0.3, -0.25) is 0 Å². The monoisotopic (exact) mass is 394 g/mol. The lowest BCUT2D eigenvalue weighted by Gasteiger charge is -2.04. The average Bonchev–Trinajstić information content (AvgIpc) is 2.83. The number of methoxy groups -OCH3 is 1. The van der Waals surface area contributed by atoms with Gasteiger partial charge in [0.1, 0.15) is 11.6 Å². The predicted molar refractivity (Wildman–Crippen MR) is 88.2 cm³/mol. The first-order valence-corrected chi connectivity index (χ1v) is 7.67. The maximum atomic E-state index is 5.28. The molecule has 0 unspecified atom stereocenters. The van der Waals surface area contributed by atoms with Crippen LogP contribution in [0.4, 0.5) is 0 Å². The molecule has 0 bridgehead atoms. The summed E-state index contributed by atoms with van der Waals surface area (Å²) >= 11 is 7.07. The molecule has 0 radical (unpaired) electrons. The number of hydrogen-bond acceptors (Lipinski definition) is 2. The van der Waals surface area contributed by atoms with Crippen LogP contribution >= 0.6 is 31.9 Å². The van der Waals surface area contributed by atoms with E-state index >= 15 is 0 Å². The highest BCUT2D eigenvalue weighted by molar-refractivity contribution is 9.10. The zero-order valence-corrected chi connectivity index (χ0v) is 14.2. The number of rotatable bonds is 2. The highest BCUT2D eigenvalue weighted by atomic mass is 79.9. The fourth-order valence-electron chi connectivity index (χ4n) is 2.19. The van der Waals surface area contributed by atoms with Gasteiger partial charge >= 0.3 is 0 Å². The molecule has 3 nitrogen and oxygen atoms in total. The zero-order chi connectivity index (χ0) is 14.3. The lowest BCUT2D eigenvalue weighted by atomic mass is 10.2. The van der Waals surface area contributed by atoms with Gasteiger partial charge in [0.2, 0.25) is 0 Å². The summed E-state index contributed by atoms with van der Waals surface area (Å²) in [6, 6.07) is 9.94. The van der Waals surface area contributed by atoms with Crippen molar-refractivity contribution in [2.75, 3.05) is 7.11 Å². The Kier molecular flexibility index (Phi) is 3.56. The fourth-order valence-corrected chi connectivity index (χ4v) is 3.19. The Balaban J connectivity index is 2.22. The SMILES string of the molecule is COc1ccc(Br)c(-c2nc3c(C)cc(Br)cc3[nH]2)c1. The molecule has 0 spiro atoms. The summed E-state index contributed by atoms with van der Waals surface area (Å²) in [6.45, 7) is 2.05. The van der Waals surface area contributed by atoms with Crippen molar-refractivity contribution in [1.82, 2.24) is 9.97 Å². The molecule has 102 valence electrons. The van der Waals surface area contributed by atoms with Crippen LogP contribution in [0.1, 0.15) is 5.56 Å². The molecule has 0 aliphatic heterocycles. The molecule has 0 amide bonds. The van der Waals surface area contributed by atoms with Crippen LogP contribution in [-0.4, -0.2) is 17.1 Å². The molecule has 0 aliphatic carbocycles. The lowest BCUT2D eigenvalue weighted by molar-refractivity contribution is 0.415. The van der Waals surface area contributed by atoms with E-state index in [0.717, 1.165) is 42.7 Å². The van der Waals surface area contributed by atoms with Gasteiger partial charge in [-0.05, 0) is 42.8 Å². The smallest absolute Gasteiger partial charge is 0.139 e. The molecule has 1 N–H and O–H groups in total. The minimum Gasteiger partial charge on any atom is -0.497 e. The van der Waals surface area contributed by atoms with E-state index < -0.39 is 0 Å². The van der Waals surface area contributed by atoms with Gasteiger partial charge in [-0.2, -0.15) is 0 Å². The Labute approximate surface area is 133 Å². The van der Waals surface area contributed by atoms with Gasteiger partial charge in [0.05, 0.1) is 18.1 Å². The number of imidazole rings is 1. The van der Waals surface area contributed by atoms with E-state index in [9.17, 15) is 0 Å². The maximum absolute atomic E-state index is 5.28. The molecular weight excluding hydrogens is 384 g/mol. The summed E-state index contributed by atoms with van der Waals surface area (Å²) in [4.78, 5) is 8.06. The minimum absolute atomic E-state index is 0.807. The van der Waals surface area contributed by atoms with Gasteiger partial charge in [0.15, 0.2) is 0 Å². The van der Waals surface area contributed by atoms with E-state index in [2.05, 4.69) is 49.8 Å². The standard InChI is InChI=1S/C15H12Br2N2O/c1-8-5-9(16)6-13-14(8)19-15(18-13)11-7-10(20-2)3-4-12(11)17/h3-7H,1-2H3,(H,18,19). The van der Waals surface area contributed by atoms with Gasteiger partial charge < -0.3 is 9.72 Å². The number of H-pyrrole nitrogens is 1. The van der Waals surface area contributed by atoms with Gasteiger partial charge in [-0.25, -0.2) is 4.98 Å². The van der Waals surface area contributed by atoms with E-state index in [-0.39, 0.29) is 0 Å². The number of ether oxygens (including phenoxy) is 1. The van der Waals surface area contributed by atoms with Crippen molar-refractivity contribution in [2.45, 2.75) is 6.92 Å². The second-order valence-corrected chi connectivity index (χ2v) is 6.32. The van der Waals surface area contributed by atoms with Gasteiger partial charge in [-0.15, -0.1) is 0 Å². The van der Waals surface area contributed by atoms with Crippen LogP contribution < -0.4 is 4.74 Å². The van der Waals surface area contributed by atoms with Crippen LogP contribution in [-0.2, 0) is 0 Å². The fraction of sp³-hybridized carbons (Fsp3) is 0.133. The van der Waals surface area contributed by atoms with Crippen molar-refractivity contribution in [3.8, 4) is 17.1 Å². The van der Waals surface area contributed by atoms with E-state index in [4.69, 9.17) is 9.72 Å². The van der Waals surface area contributed by atoms with Crippen molar-refractivity contribution in [1.29, 1.82) is 0 Å². The largest absolute Gasteiger partial charge is 0.497 e. The highest BCUT2D eigenvalue weighted by Gasteiger charge is 2.11. The summed E-state index contributed by atoms with van der Waals surface area (Å²) in [5.41, 5.74) is 4.12. The molecule has 0 saturated heterocycles. The molecule has 20 heavy (non-hydrogen) atoms. The molecule has 0 saturated carbocycles. The summed E-state index contributed by atoms with van der Waals surface area (Å²) in [7, 11) is 1.66. The van der Waals surface area contributed by atoms with E-state index in [1.807, 2.05) is 24.3 Å². The molecule has 0 fully saturated rings. The Morgan fingerprint density at radius 1 is 1.15 bits per heavy atom. The Bertz CT molecular complexity index is 796. The number of aryl methyl sites for hydroxylation is 1. The van der Waals surface area contributed by atoms with Crippen LogP contribution in [0, 0.1) is 6.92 Å². The van der Waals surface area contributed by atoms with E-state index in [0.29, 0.717) is 0 Å². The van der Waals surface area contributed by atoms with E-state index in [1.54, 1.807) is 7.11 Å². The Morgan fingerprint density at radius 2 is 1.95 bits per heavy atom. The topological polar surface area (TPSA) is 37.9 Å². The number of fused-ring (bicyclic) bond motifs is 1. The summed E-state index contributed by atoms with van der Waals surface area (Å²) in [5.74, 6) is 1.63. The van der Waals surface area contributed by atoms with Crippen LogP contribution in [0.3, 0.4) is 0 Å². The number of hydrogen-bond donors (Lipinski definition) is 1. The van der Waals surface area contributed by atoms with Crippen molar-refractivity contribution >= 4 is 42.9 Å². The normalized spacial score (nSPS) is 11.0. The number of nitrogens with one attached hydrogen (secondary N) is 1. The molecule has 5 heteroatoms. The molecule has 0 atom stereocenters. The quantitative estimate of drug-likeness (QED) is 0.657. The van der Waals surface area contributed by atoms with Crippen molar-refractivity contribution < 1.29 is 4.74 Å². The molecule has 0 aliphatic rings. The third-order valence-electron chi connectivity index (χ3n) is 3.17. The number of benzene rings is 2. The van der Waals surface area contributed by atoms with Gasteiger partial charge in [0, 0.05) is 14.5 Å². The molecule has 1 heterocycles. The third kappa shape index (κ3) is 2.36. The Morgan fingerprint density at radius 3 is 2.70 bits per heavy atom. The third-order valence-corrected chi connectivity index (χ3v) is 4.32. The highest BCUT2D eigenvalue weighted by Crippen LogP contribution is 2.32. The van der Waals surface area contributed by atoms with Crippen molar-refractivity contribution in [3.05, 3.63) is 44.8 Å². The van der Waals surface area contributed by atoms with Crippen LogP contribution in [0.15, 0.2) is 39.3 Å². The van der Waals surface area contributed by atoms with Crippen LogP contribution in [0.2, 0.25) is 0 Å². The first kappa shape index (κ1) is 13.6. The molecule has 2 aromatic carbocycles. The zero-order valence-electron chi connectivity index (χ0n) is 11.0. The first-order chi connectivity index (χ1) is 9.58. The maximum Gasteiger partial charge on any atom is 0.139 e. The number of nitrogens with zero attached hydrogens (tertiary/aromatic N) is 1. The average molecular weight is 396 g/mol. The van der Waals surface area contributed by atoms with Gasteiger partial charge in [-0.1, -0.05) is 31.9 Å². The summed E-state index contributed by atoms with van der Waals surface area (Å²) < 4.78 is 7.30. The van der Waals surface area contributed by atoms with Crippen LogP contribution in [0.25, 0.3) is 22.4 Å². The number of aromatic nitrogens is 2. The second kappa shape index (κ2) is 5.22. The molecule has 3 rings (SSSR count). The minimum atomic E-state index is 0.807. The van der Waals surface area contributed by atoms with Crippen molar-refractivity contribution in [3.63, 3.8) is 0 Å². The van der Waals surface area contributed by atoms with Crippen LogP contribution in [0.5, 0.6) is 5.75 Å². The number of halogens is 2. The van der Waals surface area contributed by atoms with E-state index in [1.165, 1.54) is 0 Å². The second-order valence-electron chi connectivity index (χ2n) is 4.55. The summed E-state index contributed by atoms with van der Waals surface area (Å²) in [6.07, 6.45) is 0. The molecule has 1 aromatic heterocycles. The first-order valence-electron chi connectivity index (χ1n) is 6.08. The van der Waals surface area contributed by atoms with Gasteiger partial charge in [0.25, 0.3) is 0 Å². The predicted octanol–water partition coefficient (Wildman–Crippen LogP) is 5.07. The summed E-state index contributed by atoms with van der Waals surface area (Å²) in [5, 5.41) is 0. The lowest BCUT2D eigenvalue weighted by Crippen LogP contribution is -1.86. The molecular formula is C15H12Br2N2O.